The Balaban J connectivity index is 3.16. The predicted molar refractivity (Wildman–Crippen MR) is 42.0 cm³/mol. The van der Waals surface area contributed by atoms with Crippen LogP contribution in [0.2, 0.25) is 0 Å². The molecule has 1 rings (SSSR count). The van der Waals surface area contributed by atoms with Gasteiger partial charge in [0.05, 0.1) is 0 Å². The number of alkyl halides is 3. The monoisotopic (exact) mass is 208 g/mol. The van der Waals surface area contributed by atoms with E-state index in [4.69, 9.17) is 5.11 Å². The highest BCUT2D eigenvalue weighted by atomic mass is 19.4. The first-order chi connectivity index (χ1) is 6.25. The van der Waals surface area contributed by atoms with Crippen LogP contribution < -0.4 is 0 Å². The lowest BCUT2D eigenvalue weighted by atomic mass is 9.95. The Morgan fingerprint density at radius 2 is 1.79 bits per heavy atom. The van der Waals surface area contributed by atoms with E-state index in [1.807, 2.05) is 0 Å². The van der Waals surface area contributed by atoms with Gasteiger partial charge < -0.3 is 5.11 Å². The Morgan fingerprint density at radius 3 is 2.21 bits per heavy atom. The zero-order valence-corrected chi connectivity index (χ0v) is 7.27. The first kappa shape index (κ1) is 11.0. The average molecular weight is 208 g/mol. The fourth-order valence-corrected chi connectivity index (χ4v) is 0.955. The van der Waals surface area contributed by atoms with Gasteiger partial charge in [-0.2, -0.15) is 13.2 Å². The maximum Gasteiger partial charge on any atom is 0.421 e. The van der Waals surface area contributed by atoms with E-state index in [0.29, 0.717) is 13.0 Å². The zero-order chi connectivity index (χ0) is 11.0. The number of benzene rings is 1. The minimum atomic E-state index is -4.82. The first-order valence-electron chi connectivity index (χ1n) is 3.80. The minimum absolute atomic E-state index is 0.509. The molecular formula is C9H8F4O. The van der Waals surface area contributed by atoms with E-state index in [1.54, 1.807) is 0 Å². The molecule has 0 saturated heterocycles. The summed E-state index contributed by atoms with van der Waals surface area (Å²) in [6.07, 6.45) is -4.82. The van der Waals surface area contributed by atoms with Crippen molar-refractivity contribution >= 4 is 0 Å². The fourth-order valence-electron chi connectivity index (χ4n) is 0.955. The number of hydrogen-bond donors (Lipinski definition) is 1. The molecular weight excluding hydrogens is 200 g/mol. The highest BCUT2D eigenvalue weighted by Gasteiger charge is 2.51. The molecule has 5 heteroatoms. The van der Waals surface area contributed by atoms with Crippen LogP contribution in [0.4, 0.5) is 17.6 Å². The molecule has 0 amide bonds. The molecule has 0 spiro atoms. The van der Waals surface area contributed by atoms with Gasteiger partial charge in [0.1, 0.15) is 5.82 Å². The van der Waals surface area contributed by atoms with Crippen LogP contribution in [0.25, 0.3) is 0 Å². The maximum atomic E-state index is 12.6. The number of rotatable bonds is 1. The van der Waals surface area contributed by atoms with Gasteiger partial charge in [-0.05, 0) is 24.6 Å². The van der Waals surface area contributed by atoms with Gasteiger partial charge in [0.15, 0.2) is 5.60 Å². The molecule has 1 nitrogen and oxygen atoms in total. The molecule has 0 aliphatic rings. The standard InChI is InChI=1S/C9H8F4O/c1-8(14,9(11,12)13)6-3-2-4-7(10)5-6/h2-5,14H,1H3. The molecule has 14 heavy (non-hydrogen) atoms. The van der Waals surface area contributed by atoms with Crippen molar-refractivity contribution in [2.45, 2.75) is 18.7 Å². The van der Waals surface area contributed by atoms with Gasteiger partial charge in [-0.3, -0.25) is 0 Å². The van der Waals surface area contributed by atoms with E-state index in [0.717, 1.165) is 18.2 Å². The van der Waals surface area contributed by atoms with E-state index < -0.39 is 23.2 Å². The van der Waals surface area contributed by atoms with E-state index in [-0.39, 0.29) is 0 Å². The molecule has 1 N–H and O–H groups in total. The Labute approximate surface area is 78.0 Å². The highest BCUT2D eigenvalue weighted by Crippen LogP contribution is 2.38. The molecule has 0 radical (unpaired) electrons. The first-order valence-corrected chi connectivity index (χ1v) is 3.80. The van der Waals surface area contributed by atoms with Gasteiger partial charge >= 0.3 is 6.18 Å². The van der Waals surface area contributed by atoms with Gasteiger partial charge in [-0.1, -0.05) is 12.1 Å². The third-order valence-electron chi connectivity index (χ3n) is 1.94. The molecule has 0 aromatic heterocycles. The maximum absolute atomic E-state index is 12.6. The third kappa shape index (κ3) is 1.87. The van der Waals surface area contributed by atoms with Crippen LogP contribution >= 0.6 is 0 Å². The third-order valence-corrected chi connectivity index (χ3v) is 1.94. The lowest BCUT2D eigenvalue weighted by molar-refractivity contribution is -0.258. The van der Waals surface area contributed by atoms with Crippen molar-refractivity contribution in [1.82, 2.24) is 0 Å². The smallest absolute Gasteiger partial charge is 0.376 e. The summed E-state index contributed by atoms with van der Waals surface area (Å²) in [5.74, 6) is -0.813. The van der Waals surface area contributed by atoms with Gasteiger partial charge in [0.25, 0.3) is 0 Å². The van der Waals surface area contributed by atoms with Crippen molar-refractivity contribution in [2.75, 3.05) is 0 Å². The highest BCUT2D eigenvalue weighted by molar-refractivity contribution is 5.24. The van der Waals surface area contributed by atoms with Crippen LogP contribution in [-0.4, -0.2) is 11.3 Å². The Kier molecular flexibility index (Phi) is 2.54. The molecule has 1 aromatic rings. The quantitative estimate of drug-likeness (QED) is 0.703. The molecule has 0 aliphatic heterocycles. The second-order valence-electron chi connectivity index (χ2n) is 3.08. The van der Waals surface area contributed by atoms with Crippen molar-refractivity contribution < 1.29 is 22.7 Å². The Bertz CT molecular complexity index is 330. The summed E-state index contributed by atoms with van der Waals surface area (Å²) >= 11 is 0. The van der Waals surface area contributed by atoms with Crippen molar-refractivity contribution in [3.8, 4) is 0 Å². The molecule has 0 heterocycles. The average Bonchev–Trinajstić information content (AvgIpc) is 2.02. The topological polar surface area (TPSA) is 20.2 Å². The van der Waals surface area contributed by atoms with Gasteiger partial charge in [-0.25, -0.2) is 4.39 Å². The van der Waals surface area contributed by atoms with Crippen molar-refractivity contribution in [2.24, 2.45) is 0 Å². The molecule has 0 fully saturated rings. The normalized spacial score (nSPS) is 16.4. The second kappa shape index (κ2) is 3.24. The SMILES string of the molecule is CC(O)(c1cccc(F)c1)C(F)(F)F. The van der Waals surface area contributed by atoms with E-state index in [9.17, 15) is 17.6 Å². The summed E-state index contributed by atoms with van der Waals surface area (Å²) in [5.41, 5.74) is -3.53. The van der Waals surface area contributed by atoms with E-state index in [1.165, 1.54) is 0 Å². The van der Waals surface area contributed by atoms with Crippen molar-refractivity contribution in [3.63, 3.8) is 0 Å². The lowest BCUT2D eigenvalue weighted by Crippen LogP contribution is -2.39. The van der Waals surface area contributed by atoms with Crippen LogP contribution in [0, 0.1) is 5.82 Å². The summed E-state index contributed by atoms with van der Waals surface area (Å²) < 4.78 is 49.4. The second-order valence-corrected chi connectivity index (χ2v) is 3.08. The molecule has 1 aromatic carbocycles. The Morgan fingerprint density at radius 1 is 1.21 bits per heavy atom. The number of halogens is 4. The summed E-state index contributed by atoms with van der Waals surface area (Å²) in [4.78, 5) is 0. The van der Waals surface area contributed by atoms with Gasteiger partial charge in [0.2, 0.25) is 0 Å². The van der Waals surface area contributed by atoms with Crippen molar-refractivity contribution in [3.05, 3.63) is 35.6 Å². The molecule has 78 valence electrons. The minimum Gasteiger partial charge on any atom is -0.376 e. The number of aliphatic hydroxyl groups is 1. The fraction of sp³-hybridized carbons (Fsp3) is 0.333. The van der Waals surface area contributed by atoms with E-state index in [2.05, 4.69) is 0 Å². The summed E-state index contributed by atoms with van der Waals surface area (Å²) in [6.45, 7) is 0.585. The number of hydrogen-bond acceptors (Lipinski definition) is 1. The van der Waals surface area contributed by atoms with Crippen LogP contribution in [0.3, 0.4) is 0 Å². The largest absolute Gasteiger partial charge is 0.421 e. The van der Waals surface area contributed by atoms with Gasteiger partial charge in [0, 0.05) is 0 Å². The summed E-state index contributed by atoms with van der Waals surface area (Å²) in [6, 6.07) is 3.81. The van der Waals surface area contributed by atoms with Gasteiger partial charge in [-0.15, -0.1) is 0 Å². The van der Waals surface area contributed by atoms with Crippen LogP contribution in [-0.2, 0) is 5.60 Å². The van der Waals surface area contributed by atoms with Crippen LogP contribution in [0.15, 0.2) is 24.3 Å². The molecule has 0 saturated carbocycles. The summed E-state index contributed by atoms with van der Waals surface area (Å²) in [5, 5.41) is 9.16. The van der Waals surface area contributed by atoms with Crippen LogP contribution in [0.5, 0.6) is 0 Å². The molecule has 0 bridgehead atoms. The molecule has 0 aliphatic carbocycles. The summed E-state index contributed by atoms with van der Waals surface area (Å²) in [7, 11) is 0. The molecule has 1 atom stereocenters. The van der Waals surface area contributed by atoms with E-state index >= 15 is 0 Å². The Hall–Kier alpha value is -1.10. The van der Waals surface area contributed by atoms with Crippen LogP contribution in [0.1, 0.15) is 12.5 Å². The molecule has 1 unspecified atom stereocenters. The predicted octanol–water partition coefficient (Wildman–Crippen LogP) is 2.60. The zero-order valence-electron chi connectivity index (χ0n) is 7.27. The lowest BCUT2D eigenvalue weighted by Gasteiger charge is -2.26. The van der Waals surface area contributed by atoms with Crippen molar-refractivity contribution in [1.29, 1.82) is 0 Å².